The van der Waals surface area contributed by atoms with Crippen LogP contribution in [-0.2, 0) is 0 Å². The molecule has 18 heavy (non-hydrogen) atoms. The van der Waals surface area contributed by atoms with Crippen molar-refractivity contribution >= 4 is 5.91 Å². The van der Waals surface area contributed by atoms with Crippen LogP contribution in [0.3, 0.4) is 0 Å². The molecule has 6 nitrogen and oxygen atoms in total. The molecule has 1 fully saturated rings. The van der Waals surface area contributed by atoms with Crippen LogP contribution < -0.4 is 0 Å². The Hall–Kier alpha value is -1.40. The highest BCUT2D eigenvalue weighted by Gasteiger charge is 2.25. The van der Waals surface area contributed by atoms with Crippen molar-refractivity contribution in [2.75, 3.05) is 32.7 Å². The van der Waals surface area contributed by atoms with Gasteiger partial charge in [-0.3, -0.25) is 9.69 Å². The van der Waals surface area contributed by atoms with Crippen LogP contribution in [-0.4, -0.2) is 69.1 Å². The fourth-order valence-corrected chi connectivity index (χ4v) is 2.20. The third-order valence-electron chi connectivity index (χ3n) is 3.00. The molecule has 1 aliphatic heterocycles. The van der Waals surface area contributed by atoms with Crippen LogP contribution in [0.15, 0.2) is 12.5 Å². The van der Waals surface area contributed by atoms with E-state index in [2.05, 4.69) is 14.9 Å². The molecule has 100 valence electrons. The first-order valence-corrected chi connectivity index (χ1v) is 6.18. The minimum absolute atomic E-state index is 0.00425. The minimum Gasteiger partial charge on any atom is -0.389 e. The van der Waals surface area contributed by atoms with Crippen molar-refractivity contribution in [2.24, 2.45) is 0 Å². The highest BCUT2D eigenvalue weighted by atomic mass is 16.3. The number of aromatic amines is 1. The summed E-state index contributed by atoms with van der Waals surface area (Å²) in [5, 5.41) is 9.76. The summed E-state index contributed by atoms with van der Waals surface area (Å²) in [7, 11) is 0. The molecule has 1 aromatic heterocycles. The summed E-state index contributed by atoms with van der Waals surface area (Å²) >= 11 is 0. The maximum atomic E-state index is 12.0. The molecular weight excluding hydrogens is 232 g/mol. The highest BCUT2D eigenvalue weighted by molar-refractivity contribution is 5.92. The molecule has 0 aromatic carbocycles. The van der Waals surface area contributed by atoms with E-state index in [1.165, 1.54) is 6.33 Å². The number of aromatic nitrogens is 2. The summed E-state index contributed by atoms with van der Waals surface area (Å²) in [5.74, 6) is -0.00425. The molecule has 1 aliphatic rings. The van der Waals surface area contributed by atoms with Gasteiger partial charge in [0.15, 0.2) is 0 Å². The number of H-pyrrole nitrogens is 1. The summed E-state index contributed by atoms with van der Waals surface area (Å²) in [6, 6.07) is 0. The van der Waals surface area contributed by atoms with Crippen LogP contribution in [0, 0.1) is 0 Å². The molecule has 0 unspecified atom stereocenters. The second kappa shape index (κ2) is 5.07. The molecule has 0 spiro atoms. The van der Waals surface area contributed by atoms with E-state index in [1.807, 2.05) is 4.90 Å². The standard InChI is InChI=1S/C12H20N4O2/c1-12(2,18)8-15-3-5-16(6-4-15)11(17)10-7-13-9-14-10/h7,9,18H,3-6,8H2,1-2H3,(H,13,14). The van der Waals surface area contributed by atoms with Gasteiger partial charge in [-0.25, -0.2) is 4.98 Å². The van der Waals surface area contributed by atoms with E-state index < -0.39 is 5.60 Å². The van der Waals surface area contributed by atoms with Crippen LogP contribution in [0.4, 0.5) is 0 Å². The van der Waals surface area contributed by atoms with Crippen LogP contribution in [0.5, 0.6) is 0 Å². The average Bonchev–Trinajstić information content (AvgIpc) is 2.80. The van der Waals surface area contributed by atoms with Gasteiger partial charge in [-0.2, -0.15) is 0 Å². The Labute approximate surface area is 107 Å². The summed E-state index contributed by atoms with van der Waals surface area (Å²) in [5.41, 5.74) is -0.152. The summed E-state index contributed by atoms with van der Waals surface area (Å²) in [6.45, 7) is 7.21. The molecule has 2 rings (SSSR count). The Kier molecular flexibility index (Phi) is 3.68. The van der Waals surface area contributed by atoms with Crippen molar-refractivity contribution in [2.45, 2.75) is 19.4 Å². The van der Waals surface area contributed by atoms with Crippen LogP contribution >= 0.6 is 0 Å². The van der Waals surface area contributed by atoms with Gasteiger partial charge in [0, 0.05) is 32.7 Å². The molecule has 0 saturated carbocycles. The van der Waals surface area contributed by atoms with Crippen molar-refractivity contribution in [3.63, 3.8) is 0 Å². The highest BCUT2D eigenvalue weighted by Crippen LogP contribution is 2.10. The summed E-state index contributed by atoms with van der Waals surface area (Å²) in [4.78, 5) is 22.7. The van der Waals surface area contributed by atoms with Crippen molar-refractivity contribution in [3.05, 3.63) is 18.2 Å². The number of β-amino-alcohol motifs (C(OH)–C–C–N with tert-alkyl or cyclic N) is 1. The molecule has 6 heteroatoms. The topological polar surface area (TPSA) is 72.5 Å². The molecule has 2 N–H and O–H groups in total. The predicted octanol–water partition coefficient (Wildman–Crippen LogP) is -0.0616. The van der Waals surface area contributed by atoms with Gasteiger partial charge >= 0.3 is 0 Å². The Morgan fingerprint density at radius 2 is 2.11 bits per heavy atom. The number of piperazine rings is 1. The second-order valence-corrected chi connectivity index (χ2v) is 5.35. The van der Waals surface area contributed by atoms with E-state index >= 15 is 0 Å². The Balaban J connectivity index is 1.85. The molecular formula is C12H20N4O2. The number of rotatable bonds is 3. The van der Waals surface area contributed by atoms with Gasteiger partial charge in [-0.1, -0.05) is 0 Å². The van der Waals surface area contributed by atoms with Crippen molar-refractivity contribution in [1.82, 2.24) is 19.8 Å². The molecule has 0 bridgehead atoms. The molecule has 1 saturated heterocycles. The fraction of sp³-hybridized carbons (Fsp3) is 0.667. The molecule has 1 amide bonds. The number of hydrogen-bond acceptors (Lipinski definition) is 4. The monoisotopic (exact) mass is 252 g/mol. The number of nitrogens with zero attached hydrogens (tertiary/aromatic N) is 3. The first-order valence-electron chi connectivity index (χ1n) is 6.18. The van der Waals surface area contributed by atoms with E-state index in [0.717, 1.165) is 13.1 Å². The summed E-state index contributed by atoms with van der Waals surface area (Å²) in [6.07, 6.45) is 3.06. The molecule has 1 aromatic rings. The molecule has 2 heterocycles. The van der Waals surface area contributed by atoms with E-state index in [-0.39, 0.29) is 5.91 Å². The number of carbonyl (C=O) groups is 1. The lowest BCUT2D eigenvalue weighted by Gasteiger charge is -2.37. The second-order valence-electron chi connectivity index (χ2n) is 5.35. The number of nitrogens with one attached hydrogen (secondary N) is 1. The normalized spacial score (nSPS) is 18.1. The number of amides is 1. The average molecular weight is 252 g/mol. The van der Waals surface area contributed by atoms with E-state index in [1.54, 1.807) is 20.0 Å². The lowest BCUT2D eigenvalue weighted by molar-refractivity contribution is 0.0177. The van der Waals surface area contributed by atoms with E-state index in [0.29, 0.717) is 25.3 Å². The zero-order valence-electron chi connectivity index (χ0n) is 10.9. The Morgan fingerprint density at radius 1 is 1.44 bits per heavy atom. The molecule has 0 radical (unpaired) electrons. The van der Waals surface area contributed by atoms with E-state index in [9.17, 15) is 9.90 Å². The largest absolute Gasteiger partial charge is 0.389 e. The smallest absolute Gasteiger partial charge is 0.272 e. The molecule has 0 aliphatic carbocycles. The van der Waals surface area contributed by atoms with Crippen molar-refractivity contribution in [3.8, 4) is 0 Å². The van der Waals surface area contributed by atoms with Gasteiger partial charge in [0.1, 0.15) is 5.69 Å². The third kappa shape index (κ3) is 3.30. The minimum atomic E-state index is -0.685. The van der Waals surface area contributed by atoms with Gasteiger partial charge in [-0.05, 0) is 13.8 Å². The van der Waals surface area contributed by atoms with Crippen molar-refractivity contribution in [1.29, 1.82) is 0 Å². The fourth-order valence-electron chi connectivity index (χ4n) is 2.20. The lowest BCUT2D eigenvalue weighted by Crippen LogP contribution is -2.52. The number of imidazole rings is 1. The quantitative estimate of drug-likeness (QED) is 0.790. The van der Waals surface area contributed by atoms with Gasteiger partial charge in [0.2, 0.25) is 0 Å². The van der Waals surface area contributed by atoms with Crippen LogP contribution in [0.2, 0.25) is 0 Å². The maximum absolute atomic E-state index is 12.0. The Bertz CT molecular complexity index is 389. The SMILES string of the molecule is CC(C)(O)CN1CCN(C(=O)c2cnc[nH]2)CC1. The zero-order chi connectivity index (χ0) is 13.2. The first-order chi connectivity index (χ1) is 8.46. The zero-order valence-corrected chi connectivity index (χ0v) is 10.9. The predicted molar refractivity (Wildman–Crippen MR) is 67.2 cm³/mol. The molecule has 0 atom stereocenters. The van der Waals surface area contributed by atoms with E-state index in [4.69, 9.17) is 0 Å². The van der Waals surface area contributed by atoms with Crippen LogP contribution in [0.25, 0.3) is 0 Å². The van der Waals surface area contributed by atoms with Gasteiger partial charge in [0.25, 0.3) is 5.91 Å². The van der Waals surface area contributed by atoms with Gasteiger partial charge < -0.3 is 15.0 Å². The van der Waals surface area contributed by atoms with Gasteiger partial charge in [0.05, 0.1) is 18.1 Å². The lowest BCUT2D eigenvalue weighted by atomic mass is 10.1. The van der Waals surface area contributed by atoms with Crippen LogP contribution in [0.1, 0.15) is 24.3 Å². The summed E-state index contributed by atoms with van der Waals surface area (Å²) < 4.78 is 0. The third-order valence-corrected chi connectivity index (χ3v) is 3.00. The van der Waals surface area contributed by atoms with Gasteiger partial charge in [-0.15, -0.1) is 0 Å². The first kappa shape index (κ1) is 13.0. The number of aliphatic hydroxyl groups is 1. The number of carbonyl (C=O) groups excluding carboxylic acids is 1. The van der Waals surface area contributed by atoms with Crippen molar-refractivity contribution < 1.29 is 9.90 Å². The maximum Gasteiger partial charge on any atom is 0.272 e. The number of hydrogen-bond donors (Lipinski definition) is 2. The Morgan fingerprint density at radius 3 is 2.61 bits per heavy atom.